The molecule has 2 aromatic rings. The summed E-state index contributed by atoms with van der Waals surface area (Å²) in [5.74, 6) is -10.1. The lowest BCUT2D eigenvalue weighted by Gasteiger charge is -2.11. The quantitative estimate of drug-likeness (QED) is 0.432. The van der Waals surface area contributed by atoms with Crippen LogP contribution in [0.2, 0.25) is 0 Å². The fourth-order valence-electron chi connectivity index (χ4n) is 1.95. The first-order valence-electron chi connectivity index (χ1n) is 5.31. The van der Waals surface area contributed by atoms with Crippen LogP contribution < -0.4 is 0 Å². The second-order valence-electron chi connectivity index (χ2n) is 3.93. The summed E-state index contributed by atoms with van der Waals surface area (Å²) in [6.07, 6.45) is -0.256. The number of hydrogen-bond donors (Lipinski definition) is 0. The summed E-state index contributed by atoms with van der Waals surface area (Å²) in [4.78, 5) is 0. The van der Waals surface area contributed by atoms with Gasteiger partial charge in [0.2, 0.25) is 0 Å². The van der Waals surface area contributed by atoms with Crippen LogP contribution in [0.5, 0.6) is 0 Å². The molecule has 0 N–H and O–H groups in total. The monoisotopic (exact) mass is 277 g/mol. The highest BCUT2D eigenvalue weighted by molar-refractivity contribution is 5.88. The lowest BCUT2D eigenvalue weighted by molar-refractivity contribution is 0.442. The number of aryl methyl sites for hydroxylation is 1. The van der Waals surface area contributed by atoms with E-state index in [1.165, 1.54) is 0 Å². The maximum Gasteiger partial charge on any atom is 0.195 e. The predicted molar refractivity (Wildman–Crippen MR) is 57.4 cm³/mol. The van der Waals surface area contributed by atoms with Gasteiger partial charge in [-0.15, -0.1) is 0 Å². The molecule has 2 rings (SSSR count). The summed E-state index contributed by atoms with van der Waals surface area (Å²) in [7, 11) is 0. The average Bonchev–Trinajstić information content (AvgIpc) is 2.36. The predicted octanol–water partition coefficient (Wildman–Crippen LogP) is 4.44. The molecular formula is C13H7F6. The second-order valence-corrected chi connectivity index (χ2v) is 3.93. The minimum absolute atomic E-state index is 0.0225. The van der Waals surface area contributed by atoms with E-state index < -0.39 is 51.2 Å². The molecular weight excluding hydrogens is 270 g/mol. The molecule has 0 aliphatic rings. The summed E-state index contributed by atoms with van der Waals surface area (Å²) >= 11 is 0. The first-order chi connectivity index (χ1) is 8.90. The van der Waals surface area contributed by atoms with Crippen LogP contribution in [0.15, 0.2) is 6.07 Å². The second kappa shape index (κ2) is 4.75. The van der Waals surface area contributed by atoms with Crippen LogP contribution in [0.4, 0.5) is 26.3 Å². The van der Waals surface area contributed by atoms with Crippen molar-refractivity contribution in [2.45, 2.75) is 12.8 Å². The molecule has 0 saturated heterocycles. The zero-order chi connectivity index (χ0) is 14.3. The summed E-state index contributed by atoms with van der Waals surface area (Å²) in [5, 5.41) is -2.02. The summed E-state index contributed by atoms with van der Waals surface area (Å²) in [6, 6.07) is 0.0894. The molecule has 0 heterocycles. The van der Waals surface area contributed by atoms with E-state index in [4.69, 9.17) is 0 Å². The Morgan fingerprint density at radius 1 is 0.737 bits per heavy atom. The van der Waals surface area contributed by atoms with Gasteiger partial charge in [-0.1, -0.05) is 6.92 Å². The smallest absolute Gasteiger partial charge is 0.195 e. The van der Waals surface area contributed by atoms with E-state index in [0.717, 1.165) is 0 Å². The van der Waals surface area contributed by atoms with Gasteiger partial charge >= 0.3 is 0 Å². The highest BCUT2D eigenvalue weighted by Crippen LogP contribution is 2.33. The fraction of sp³-hybridized carbons (Fsp3) is 0.154. The Morgan fingerprint density at radius 3 is 1.95 bits per heavy atom. The summed E-state index contributed by atoms with van der Waals surface area (Å²) < 4.78 is 80.6. The lowest BCUT2D eigenvalue weighted by Crippen LogP contribution is -2.05. The minimum atomic E-state index is -1.92. The highest BCUT2D eigenvalue weighted by Gasteiger charge is 2.26. The van der Waals surface area contributed by atoms with Crippen molar-refractivity contribution < 1.29 is 26.3 Å². The molecule has 2 aromatic carbocycles. The van der Waals surface area contributed by atoms with Crippen molar-refractivity contribution in [1.29, 1.82) is 0 Å². The molecule has 0 aromatic heterocycles. The normalized spacial score (nSPS) is 11.3. The van der Waals surface area contributed by atoms with E-state index in [0.29, 0.717) is 0 Å². The summed E-state index contributed by atoms with van der Waals surface area (Å²) in [6.45, 7) is 3.36. The maximum atomic E-state index is 13.6. The van der Waals surface area contributed by atoms with E-state index >= 15 is 0 Å². The Kier molecular flexibility index (Phi) is 3.43. The molecule has 0 nitrogen and oxygen atoms in total. The standard InChI is InChI=1S/C13H7F6/c1-2-3-5-8-9(12(18)13(19)10(5)16)6(14)4-7(15)11(8)17/h4H,1-3H2. The largest absolute Gasteiger partial charge is 0.206 e. The van der Waals surface area contributed by atoms with Crippen molar-refractivity contribution >= 4 is 10.8 Å². The SMILES string of the molecule is [CH2]CCc1c(F)c(F)c(F)c2c(F)cc(F)c(F)c12. The molecule has 0 amide bonds. The van der Waals surface area contributed by atoms with Gasteiger partial charge < -0.3 is 0 Å². The molecule has 0 fully saturated rings. The van der Waals surface area contributed by atoms with Crippen LogP contribution in [-0.2, 0) is 6.42 Å². The molecule has 6 heteroatoms. The van der Waals surface area contributed by atoms with Crippen molar-refractivity contribution in [3.63, 3.8) is 0 Å². The van der Waals surface area contributed by atoms with Gasteiger partial charge in [-0.3, -0.25) is 0 Å². The molecule has 101 valence electrons. The van der Waals surface area contributed by atoms with Gasteiger partial charge in [0, 0.05) is 17.0 Å². The van der Waals surface area contributed by atoms with Gasteiger partial charge in [0.25, 0.3) is 0 Å². The third kappa shape index (κ3) is 1.95. The molecule has 0 spiro atoms. The highest BCUT2D eigenvalue weighted by atomic mass is 19.2. The van der Waals surface area contributed by atoms with Crippen LogP contribution in [0.25, 0.3) is 10.8 Å². The van der Waals surface area contributed by atoms with E-state index in [9.17, 15) is 26.3 Å². The molecule has 0 unspecified atom stereocenters. The van der Waals surface area contributed by atoms with Crippen LogP contribution in [0.3, 0.4) is 0 Å². The lowest BCUT2D eigenvalue weighted by atomic mass is 9.98. The number of halogens is 6. The molecule has 19 heavy (non-hydrogen) atoms. The van der Waals surface area contributed by atoms with Crippen molar-refractivity contribution in [1.82, 2.24) is 0 Å². The Balaban J connectivity index is 3.07. The molecule has 0 aliphatic carbocycles. The van der Waals surface area contributed by atoms with E-state index in [-0.39, 0.29) is 18.9 Å². The molecule has 0 saturated carbocycles. The Labute approximate surface area is 104 Å². The van der Waals surface area contributed by atoms with Crippen molar-refractivity contribution in [3.8, 4) is 0 Å². The zero-order valence-corrected chi connectivity index (χ0v) is 9.47. The van der Waals surface area contributed by atoms with Gasteiger partial charge in [-0.25, -0.2) is 26.3 Å². The van der Waals surface area contributed by atoms with Crippen LogP contribution in [0.1, 0.15) is 12.0 Å². The van der Waals surface area contributed by atoms with Crippen LogP contribution >= 0.6 is 0 Å². The van der Waals surface area contributed by atoms with E-state index in [1.54, 1.807) is 0 Å². The fourth-order valence-corrected chi connectivity index (χ4v) is 1.95. The summed E-state index contributed by atoms with van der Waals surface area (Å²) in [5.41, 5.74) is -0.625. The van der Waals surface area contributed by atoms with Crippen molar-refractivity contribution in [3.05, 3.63) is 53.5 Å². The van der Waals surface area contributed by atoms with Crippen LogP contribution in [-0.4, -0.2) is 0 Å². The van der Waals surface area contributed by atoms with Gasteiger partial charge in [-0.2, -0.15) is 0 Å². The van der Waals surface area contributed by atoms with Gasteiger partial charge in [0.05, 0.1) is 5.39 Å². The minimum Gasteiger partial charge on any atom is -0.206 e. The third-order valence-electron chi connectivity index (χ3n) is 2.77. The third-order valence-corrected chi connectivity index (χ3v) is 2.77. The molecule has 0 bridgehead atoms. The first kappa shape index (κ1) is 13.7. The number of rotatable bonds is 2. The number of fused-ring (bicyclic) bond motifs is 1. The van der Waals surface area contributed by atoms with E-state index in [2.05, 4.69) is 6.92 Å². The first-order valence-corrected chi connectivity index (χ1v) is 5.31. The maximum absolute atomic E-state index is 13.6. The Hall–Kier alpha value is -1.72. The van der Waals surface area contributed by atoms with Gasteiger partial charge in [0.15, 0.2) is 29.1 Å². The van der Waals surface area contributed by atoms with E-state index in [1.807, 2.05) is 0 Å². The average molecular weight is 277 g/mol. The number of hydrogen-bond acceptors (Lipinski definition) is 0. The van der Waals surface area contributed by atoms with Gasteiger partial charge in [-0.05, 0) is 12.8 Å². The molecule has 0 aliphatic heterocycles. The van der Waals surface area contributed by atoms with Crippen molar-refractivity contribution in [2.24, 2.45) is 0 Å². The molecule has 1 radical (unpaired) electrons. The number of benzene rings is 2. The molecule has 0 atom stereocenters. The Bertz CT molecular complexity index is 662. The topological polar surface area (TPSA) is 0 Å². The van der Waals surface area contributed by atoms with Crippen molar-refractivity contribution in [2.75, 3.05) is 0 Å². The Morgan fingerprint density at radius 2 is 1.37 bits per heavy atom. The zero-order valence-electron chi connectivity index (χ0n) is 9.47. The van der Waals surface area contributed by atoms with Gasteiger partial charge in [0.1, 0.15) is 5.82 Å². The van der Waals surface area contributed by atoms with Crippen LogP contribution in [0, 0.1) is 41.8 Å².